The maximum absolute atomic E-state index is 12.0. The monoisotopic (exact) mass is 228 g/mol. The molecule has 1 unspecified atom stereocenters. The van der Waals surface area contributed by atoms with Crippen molar-refractivity contribution in [2.75, 3.05) is 6.61 Å². The summed E-state index contributed by atoms with van der Waals surface area (Å²) in [4.78, 5) is 12.0. The van der Waals surface area contributed by atoms with Gasteiger partial charge in [0.2, 0.25) is 0 Å². The van der Waals surface area contributed by atoms with Crippen LogP contribution in [0.15, 0.2) is 0 Å². The summed E-state index contributed by atoms with van der Waals surface area (Å²) in [6.07, 6.45) is 1.98. The molecule has 0 rings (SSSR count). The standard InChI is InChI=1S/C14H28O2/c1-8-14(6,7)10-11(13(3,4)5)12(15)16-9-2/h11H,8-10H2,1-7H3. The summed E-state index contributed by atoms with van der Waals surface area (Å²) >= 11 is 0. The van der Waals surface area contributed by atoms with Crippen LogP contribution in [0.2, 0.25) is 0 Å². The van der Waals surface area contributed by atoms with E-state index in [1.165, 1.54) is 0 Å². The maximum atomic E-state index is 12.0. The van der Waals surface area contributed by atoms with Gasteiger partial charge >= 0.3 is 5.97 Å². The van der Waals surface area contributed by atoms with Crippen LogP contribution in [0.5, 0.6) is 0 Å². The Balaban J connectivity index is 4.77. The van der Waals surface area contributed by atoms with Gasteiger partial charge in [-0.15, -0.1) is 0 Å². The Bertz CT molecular complexity index is 223. The number of hydrogen-bond donors (Lipinski definition) is 0. The molecule has 0 radical (unpaired) electrons. The SMILES string of the molecule is CCOC(=O)C(CC(C)(C)CC)C(C)(C)C. The van der Waals surface area contributed by atoms with Crippen molar-refractivity contribution in [3.05, 3.63) is 0 Å². The van der Waals surface area contributed by atoms with Gasteiger partial charge in [0, 0.05) is 0 Å². The largest absolute Gasteiger partial charge is 0.466 e. The minimum Gasteiger partial charge on any atom is -0.466 e. The highest BCUT2D eigenvalue weighted by atomic mass is 16.5. The number of ether oxygens (including phenoxy) is 1. The van der Waals surface area contributed by atoms with Crippen molar-refractivity contribution in [3.8, 4) is 0 Å². The minimum atomic E-state index is -0.0449. The Morgan fingerprint density at radius 2 is 1.62 bits per heavy atom. The van der Waals surface area contributed by atoms with Crippen LogP contribution in [0.4, 0.5) is 0 Å². The van der Waals surface area contributed by atoms with Gasteiger partial charge in [0.15, 0.2) is 0 Å². The molecule has 0 saturated heterocycles. The summed E-state index contributed by atoms with van der Waals surface area (Å²) < 4.78 is 5.18. The Morgan fingerprint density at radius 1 is 1.12 bits per heavy atom. The molecule has 0 heterocycles. The average Bonchev–Trinajstić information content (AvgIpc) is 2.13. The first-order valence-electron chi connectivity index (χ1n) is 6.30. The van der Waals surface area contributed by atoms with E-state index in [1.807, 2.05) is 6.92 Å². The maximum Gasteiger partial charge on any atom is 0.309 e. The molecule has 16 heavy (non-hydrogen) atoms. The number of esters is 1. The summed E-state index contributed by atoms with van der Waals surface area (Å²) in [5.41, 5.74) is 0.170. The Kier molecular flexibility index (Phi) is 5.51. The van der Waals surface area contributed by atoms with E-state index in [4.69, 9.17) is 4.74 Å². The van der Waals surface area contributed by atoms with Crippen molar-refractivity contribution in [1.29, 1.82) is 0 Å². The first-order chi connectivity index (χ1) is 7.14. The van der Waals surface area contributed by atoms with E-state index >= 15 is 0 Å². The molecule has 0 aliphatic carbocycles. The van der Waals surface area contributed by atoms with Crippen LogP contribution >= 0.6 is 0 Å². The quantitative estimate of drug-likeness (QED) is 0.664. The van der Waals surface area contributed by atoms with E-state index in [1.54, 1.807) is 0 Å². The highest BCUT2D eigenvalue weighted by Gasteiger charge is 2.36. The first-order valence-corrected chi connectivity index (χ1v) is 6.30. The fraction of sp³-hybridized carbons (Fsp3) is 0.929. The van der Waals surface area contributed by atoms with Crippen molar-refractivity contribution in [2.24, 2.45) is 16.7 Å². The summed E-state index contributed by atoms with van der Waals surface area (Å²) in [5.74, 6) is -0.0566. The molecule has 0 fully saturated rings. The average molecular weight is 228 g/mol. The summed E-state index contributed by atoms with van der Waals surface area (Å²) in [6.45, 7) is 15.3. The molecular formula is C14H28O2. The van der Waals surface area contributed by atoms with E-state index < -0.39 is 0 Å². The van der Waals surface area contributed by atoms with Gasteiger partial charge in [-0.3, -0.25) is 4.79 Å². The Labute approximate surface area is 101 Å². The second-order valence-corrected chi connectivity index (χ2v) is 6.39. The van der Waals surface area contributed by atoms with Gasteiger partial charge in [0.25, 0.3) is 0 Å². The predicted octanol–water partition coefficient (Wildman–Crippen LogP) is 4.04. The number of rotatable bonds is 5. The molecule has 2 nitrogen and oxygen atoms in total. The molecule has 0 aromatic rings. The predicted molar refractivity (Wildman–Crippen MR) is 68.3 cm³/mol. The third-order valence-electron chi connectivity index (χ3n) is 3.33. The van der Waals surface area contributed by atoms with Gasteiger partial charge in [-0.05, 0) is 24.2 Å². The van der Waals surface area contributed by atoms with E-state index in [0.29, 0.717) is 6.61 Å². The molecule has 96 valence electrons. The van der Waals surface area contributed by atoms with E-state index in [-0.39, 0.29) is 22.7 Å². The van der Waals surface area contributed by atoms with E-state index in [9.17, 15) is 4.79 Å². The second kappa shape index (κ2) is 5.70. The second-order valence-electron chi connectivity index (χ2n) is 6.39. The van der Waals surface area contributed by atoms with Crippen molar-refractivity contribution in [1.82, 2.24) is 0 Å². The van der Waals surface area contributed by atoms with Crippen LogP contribution in [0.1, 0.15) is 61.3 Å². The zero-order valence-electron chi connectivity index (χ0n) is 12.0. The van der Waals surface area contributed by atoms with Gasteiger partial charge in [-0.2, -0.15) is 0 Å². The van der Waals surface area contributed by atoms with E-state index in [2.05, 4.69) is 41.5 Å². The zero-order valence-corrected chi connectivity index (χ0v) is 12.0. The molecule has 0 aliphatic heterocycles. The molecule has 0 N–H and O–H groups in total. The van der Waals surface area contributed by atoms with Crippen molar-refractivity contribution >= 4 is 5.97 Å². The molecule has 2 heteroatoms. The molecule has 0 saturated carbocycles. The first kappa shape index (κ1) is 15.5. The normalized spacial score (nSPS) is 14.7. The van der Waals surface area contributed by atoms with Gasteiger partial charge in [-0.25, -0.2) is 0 Å². The van der Waals surface area contributed by atoms with Crippen LogP contribution in [-0.4, -0.2) is 12.6 Å². The zero-order chi connectivity index (χ0) is 13.0. The van der Waals surface area contributed by atoms with Crippen molar-refractivity contribution in [3.63, 3.8) is 0 Å². The highest BCUT2D eigenvalue weighted by Crippen LogP contribution is 2.38. The highest BCUT2D eigenvalue weighted by molar-refractivity contribution is 5.73. The molecule has 0 aliphatic rings. The third-order valence-corrected chi connectivity index (χ3v) is 3.33. The molecule has 1 atom stereocenters. The third kappa shape index (κ3) is 5.00. The number of carbonyl (C=O) groups excluding carboxylic acids is 1. The van der Waals surface area contributed by atoms with Gasteiger partial charge in [-0.1, -0.05) is 48.0 Å². The fourth-order valence-corrected chi connectivity index (χ4v) is 1.68. The van der Waals surface area contributed by atoms with Gasteiger partial charge in [0.05, 0.1) is 12.5 Å². The fourth-order valence-electron chi connectivity index (χ4n) is 1.68. The summed E-state index contributed by atoms with van der Waals surface area (Å²) in [6, 6.07) is 0. The molecule has 0 aromatic carbocycles. The van der Waals surface area contributed by atoms with Crippen LogP contribution < -0.4 is 0 Å². The molecule has 0 aromatic heterocycles. The summed E-state index contributed by atoms with van der Waals surface area (Å²) in [7, 11) is 0. The smallest absolute Gasteiger partial charge is 0.309 e. The lowest BCUT2D eigenvalue weighted by Crippen LogP contribution is -2.34. The summed E-state index contributed by atoms with van der Waals surface area (Å²) in [5, 5.41) is 0. The number of hydrogen-bond acceptors (Lipinski definition) is 2. The topological polar surface area (TPSA) is 26.3 Å². The van der Waals surface area contributed by atoms with Crippen LogP contribution in [0.3, 0.4) is 0 Å². The molecule has 0 bridgehead atoms. The Hall–Kier alpha value is -0.530. The Morgan fingerprint density at radius 3 is 1.94 bits per heavy atom. The van der Waals surface area contributed by atoms with Crippen molar-refractivity contribution in [2.45, 2.75) is 61.3 Å². The lowest BCUT2D eigenvalue weighted by atomic mass is 9.70. The molecule has 0 spiro atoms. The van der Waals surface area contributed by atoms with Gasteiger partial charge in [0.1, 0.15) is 0 Å². The molecule has 0 amide bonds. The molecular weight excluding hydrogens is 200 g/mol. The number of carbonyl (C=O) groups is 1. The van der Waals surface area contributed by atoms with Crippen LogP contribution in [0, 0.1) is 16.7 Å². The van der Waals surface area contributed by atoms with E-state index in [0.717, 1.165) is 12.8 Å². The van der Waals surface area contributed by atoms with Crippen LogP contribution in [0.25, 0.3) is 0 Å². The van der Waals surface area contributed by atoms with Crippen LogP contribution in [-0.2, 0) is 9.53 Å². The van der Waals surface area contributed by atoms with Crippen molar-refractivity contribution < 1.29 is 9.53 Å². The minimum absolute atomic E-state index is 0.0117. The van der Waals surface area contributed by atoms with Gasteiger partial charge < -0.3 is 4.74 Å². The lowest BCUT2D eigenvalue weighted by Gasteiger charge is -2.35. The lowest BCUT2D eigenvalue weighted by molar-refractivity contribution is -0.153.